The number of hydrogen-bond acceptors (Lipinski definition) is 4. The van der Waals surface area contributed by atoms with Crippen molar-refractivity contribution in [3.8, 4) is 0 Å². The summed E-state index contributed by atoms with van der Waals surface area (Å²) in [6, 6.07) is 26.4. The lowest BCUT2D eigenvalue weighted by atomic mass is 10.0. The Balaban J connectivity index is 1.65. The molecule has 7 nitrogen and oxygen atoms in total. The molecule has 4 aromatic carbocycles. The molecule has 42 heavy (non-hydrogen) atoms. The van der Waals surface area contributed by atoms with Gasteiger partial charge in [-0.3, -0.25) is 9.59 Å². The predicted octanol–water partition coefficient (Wildman–Crippen LogP) is 5.16. The molecule has 0 saturated heterocycles. The standard InChI is InChI=1S/C33H36FN3O4S/c1-3-4-20-35-33(39)31(21-25-10-6-5-7-11-25)37(23-26-14-17-29(34)18-15-26)32(38)24-36(2)42(40,41)30-19-16-27-12-8-9-13-28(27)22-30/h5-19,22,31H,3-4,20-21,23-24H2,1-2H3,(H,35,39)/t31-/m1/s1. The smallest absolute Gasteiger partial charge is 0.243 e. The predicted molar refractivity (Wildman–Crippen MR) is 163 cm³/mol. The summed E-state index contributed by atoms with van der Waals surface area (Å²) >= 11 is 0. The number of carbonyl (C=O) groups excluding carboxylic acids is 2. The molecule has 220 valence electrons. The second-order valence-electron chi connectivity index (χ2n) is 10.3. The molecular formula is C33H36FN3O4S. The molecule has 9 heteroatoms. The van der Waals surface area contributed by atoms with Crippen LogP contribution >= 0.6 is 0 Å². The highest BCUT2D eigenvalue weighted by atomic mass is 32.2. The Morgan fingerprint density at radius 1 is 0.857 bits per heavy atom. The van der Waals surface area contributed by atoms with E-state index in [0.717, 1.165) is 33.5 Å². The van der Waals surface area contributed by atoms with Crippen molar-refractivity contribution in [1.82, 2.24) is 14.5 Å². The fourth-order valence-electron chi connectivity index (χ4n) is 4.72. The number of sulfonamides is 1. The highest BCUT2D eigenvalue weighted by molar-refractivity contribution is 7.89. The van der Waals surface area contributed by atoms with Crippen LogP contribution in [0.1, 0.15) is 30.9 Å². The molecule has 0 aliphatic carbocycles. The van der Waals surface area contributed by atoms with Gasteiger partial charge in [0.2, 0.25) is 21.8 Å². The zero-order chi connectivity index (χ0) is 30.1. The normalized spacial score (nSPS) is 12.3. The summed E-state index contributed by atoms with van der Waals surface area (Å²) in [6.45, 7) is 1.99. The molecule has 0 aromatic heterocycles. The van der Waals surface area contributed by atoms with E-state index >= 15 is 0 Å². The maximum Gasteiger partial charge on any atom is 0.243 e. The number of nitrogens with one attached hydrogen (secondary N) is 1. The third-order valence-corrected chi connectivity index (χ3v) is 8.95. The number of hydrogen-bond donors (Lipinski definition) is 1. The van der Waals surface area contributed by atoms with E-state index < -0.39 is 34.3 Å². The number of rotatable bonds is 13. The van der Waals surface area contributed by atoms with Gasteiger partial charge in [0.25, 0.3) is 0 Å². The maximum absolute atomic E-state index is 13.9. The van der Waals surface area contributed by atoms with Crippen LogP contribution in [0.5, 0.6) is 0 Å². The first kappa shape index (κ1) is 30.9. The summed E-state index contributed by atoms with van der Waals surface area (Å²) < 4.78 is 41.7. The molecule has 0 heterocycles. The average Bonchev–Trinajstić information content (AvgIpc) is 3.00. The van der Waals surface area contributed by atoms with E-state index in [0.29, 0.717) is 12.1 Å². The van der Waals surface area contributed by atoms with Gasteiger partial charge in [0, 0.05) is 26.6 Å². The van der Waals surface area contributed by atoms with Crippen LogP contribution in [0.25, 0.3) is 10.8 Å². The van der Waals surface area contributed by atoms with E-state index in [1.807, 2.05) is 61.5 Å². The zero-order valence-electron chi connectivity index (χ0n) is 23.9. The summed E-state index contributed by atoms with van der Waals surface area (Å²) in [5, 5.41) is 4.60. The van der Waals surface area contributed by atoms with E-state index in [-0.39, 0.29) is 23.8 Å². The highest BCUT2D eigenvalue weighted by Gasteiger charge is 2.33. The van der Waals surface area contributed by atoms with Crippen molar-refractivity contribution in [3.05, 3.63) is 114 Å². The minimum atomic E-state index is -4.02. The lowest BCUT2D eigenvalue weighted by Gasteiger charge is -2.32. The monoisotopic (exact) mass is 589 g/mol. The summed E-state index contributed by atoms with van der Waals surface area (Å²) in [6.07, 6.45) is 1.90. The Morgan fingerprint density at radius 3 is 2.21 bits per heavy atom. The number of unbranched alkanes of at least 4 members (excludes halogenated alkanes) is 1. The van der Waals surface area contributed by atoms with Crippen molar-refractivity contribution in [2.45, 2.75) is 43.7 Å². The van der Waals surface area contributed by atoms with Crippen molar-refractivity contribution < 1.29 is 22.4 Å². The van der Waals surface area contributed by atoms with Crippen LogP contribution < -0.4 is 5.32 Å². The number of likely N-dealkylation sites (N-methyl/N-ethyl adjacent to an activating group) is 1. The quantitative estimate of drug-likeness (QED) is 0.219. The first-order chi connectivity index (χ1) is 20.2. The highest BCUT2D eigenvalue weighted by Crippen LogP contribution is 2.22. The van der Waals surface area contributed by atoms with E-state index in [1.165, 1.54) is 30.1 Å². The first-order valence-electron chi connectivity index (χ1n) is 14.0. The first-order valence-corrected chi connectivity index (χ1v) is 15.4. The molecule has 0 saturated carbocycles. The number of halogens is 1. The minimum absolute atomic E-state index is 0.00166. The summed E-state index contributed by atoms with van der Waals surface area (Å²) in [4.78, 5) is 29.0. The molecule has 0 aliphatic rings. The average molecular weight is 590 g/mol. The fourth-order valence-corrected chi connectivity index (χ4v) is 5.88. The van der Waals surface area contributed by atoms with Gasteiger partial charge in [-0.25, -0.2) is 12.8 Å². The molecule has 0 unspecified atom stereocenters. The fraction of sp³-hybridized carbons (Fsp3) is 0.273. The van der Waals surface area contributed by atoms with E-state index in [9.17, 15) is 22.4 Å². The Hall–Kier alpha value is -4.08. The summed E-state index contributed by atoms with van der Waals surface area (Å²) in [7, 11) is -2.67. The van der Waals surface area contributed by atoms with Gasteiger partial charge in [-0.05, 0) is 52.6 Å². The van der Waals surface area contributed by atoms with Crippen molar-refractivity contribution in [1.29, 1.82) is 0 Å². The molecule has 0 aliphatic heterocycles. The van der Waals surface area contributed by atoms with Gasteiger partial charge in [0.1, 0.15) is 11.9 Å². The second-order valence-corrected chi connectivity index (χ2v) is 12.3. The largest absolute Gasteiger partial charge is 0.354 e. The van der Waals surface area contributed by atoms with Gasteiger partial charge < -0.3 is 10.2 Å². The van der Waals surface area contributed by atoms with Crippen LogP contribution in [-0.4, -0.2) is 55.6 Å². The van der Waals surface area contributed by atoms with Gasteiger partial charge in [-0.2, -0.15) is 4.31 Å². The molecule has 2 amide bonds. The van der Waals surface area contributed by atoms with Gasteiger partial charge in [0.05, 0.1) is 11.4 Å². The summed E-state index contributed by atoms with van der Waals surface area (Å²) in [5.74, 6) is -1.29. The van der Waals surface area contributed by atoms with Crippen molar-refractivity contribution in [3.63, 3.8) is 0 Å². The molecule has 4 rings (SSSR count). The number of nitrogens with zero attached hydrogens (tertiary/aromatic N) is 2. The van der Waals surface area contributed by atoms with Crippen LogP contribution in [0.15, 0.2) is 102 Å². The van der Waals surface area contributed by atoms with Gasteiger partial charge in [-0.15, -0.1) is 0 Å². The Kier molecular flexibility index (Phi) is 10.4. The maximum atomic E-state index is 13.9. The third kappa shape index (κ3) is 7.80. The number of fused-ring (bicyclic) bond motifs is 1. The van der Waals surface area contributed by atoms with E-state index in [2.05, 4.69) is 5.32 Å². The minimum Gasteiger partial charge on any atom is -0.354 e. The molecule has 0 bridgehead atoms. The van der Waals surface area contributed by atoms with E-state index in [1.54, 1.807) is 24.3 Å². The van der Waals surface area contributed by atoms with Crippen LogP contribution in [0.4, 0.5) is 4.39 Å². The number of amides is 2. The topological polar surface area (TPSA) is 86.8 Å². The molecule has 1 N–H and O–H groups in total. The molecule has 4 aromatic rings. The zero-order valence-corrected chi connectivity index (χ0v) is 24.7. The molecule has 1 atom stereocenters. The summed E-state index contributed by atoms with van der Waals surface area (Å²) in [5.41, 5.74) is 1.46. The van der Waals surface area contributed by atoms with Crippen LogP contribution in [0.3, 0.4) is 0 Å². The lowest BCUT2D eigenvalue weighted by molar-refractivity contribution is -0.141. The third-order valence-electron chi connectivity index (χ3n) is 7.15. The number of carbonyl (C=O) groups is 2. The number of benzene rings is 4. The van der Waals surface area contributed by atoms with E-state index in [4.69, 9.17) is 0 Å². The Labute approximate surface area is 247 Å². The second kappa shape index (κ2) is 14.2. The SMILES string of the molecule is CCCCNC(=O)[C@@H](Cc1ccccc1)N(Cc1ccc(F)cc1)C(=O)CN(C)S(=O)(=O)c1ccc2ccccc2c1. The van der Waals surface area contributed by atoms with Crippen molar-refractivity contribution in [2.24, 2.45) is 0 Å². The van der Waals surface area contributed by atoms with Gasteiger partial charge >= 0.3 is 0 Å². The Bertz CT molecular complexity index is 1610. The molecular weight excluding hydrogens is 553 g/mol. The Morgan fingerprint density at radius 2 is 1.52 bits per heavy atom. The lowest BCUT2D eigenvalue weighted by Crippen LogP contribution is -2.53. The molecule has 0 radical (unpaired) electrons. The molecule has 0 spiro atoms. The van der Waals surface area contributed by atoms with Crippen LogP contribution in [0.2, 0.25) is 0 Å². The van der Waals surface area contributed by atoms with Crippen LogP contribution in [-0.2, 0) is 32.6 Å². The van der Waals surface area contributed by atoms with Crippen molar-refractivity contribution in [2.75, 3.05) is 20.1 Å². The van der Waals surface area contributed by atoms with Gasteiger partial charge in [0.15, 0.2) is 0 Å². The van der Waals surface area contributed by atoms with Crippen molar-refractivity contribution >= 4 is 32.6 Å². The molecule has 0 fully saturated rings. The van der Waals surface area contributed by atoms with Gasteiger partial charge in [-0.1, -0.05) is 86.1 Å². The van der Waals surface area contributed by atoms with Crippen LogP contribution in [0, 0.1) is 5.82 Å².